The van der Waals surface area contributed by atoms with E-state index >= 15 is 0 Å². The monoisotopic (exact) mass is 446 g/mol. The van der Waals surface area contributed by atoms with Crippen LogP contribution in [-0.2, 0) is 0 Å². The van der Waals surface area contributed by atoms with Crippen LogP contribution < -0.4 is 20.7 Å². The van der Waals surface area contributed by atoms with Crippen LogP contribution in [-0.4, -0.2) is 0 Å². The number of para-hydroxylation sites is 1. The molecule has 5 rings (SSSR count). The molecule has 1 nitrogen and oxygen atoms in total. The zero-order chi connectivity index (χ0) is 22.6. The molecule has 4 aromatic carbocycles. The Morgan fingerprint density at radius 3 is 1.76 bits per heavy atom. The van der Waals surface area contributed by atoms with Gasteiger partial charge in [0.1, 0.15) is 11.5 Å². The molecule has 0 bridgehead atoms. The highest BCUT2D eigenvalue weighted by Crippen LogP contribution is 2.41. The van der Waals surface area contributed by atoms with Crippen molar-refractivity contribution >= 4 is 29.4 Å². The largest absolute Gasteiger partial charge is 0.457 e. The number of ether oxygens (including phenoxy) is 1. The first-order valence-corrected chi connectivity index (χ1v) is 12.7. The summed E-state index contributed by atoms with van der Waals surface area (Å²) in [7, 11) is -0.744. The van der Waals surface area contributed by atoms with Gasteiger partial charge in [-0.05, 0) is 85.1 Å². The lowest BCUT2D eigenvalue weighted by molar-refractivity contribution is 0.483. The van der Waals surface area contributed by atoms with E-state index in [1.165, 1.54) is 38.2 Å². The Labute approximate surface area is 197 Å². The van der Waals surface area contributed by atoms with Gasteiger partial charge in [-0.25, -0.2) is 0 Å². The van der Waals surface area contributed by atoms with Crippen molar-refractivity contribution in [3.63, 3.8) is 0 Å². The third-order valence-electron chi connectivity index (χ3n) is 5.94. The van der Waals surface area contributed by atoms with Crippen molar-refractivity contribution in [1.29, 1.82) is 0 Å². The first-order chi connectivity index (χ1) is 16.2. The fourth-order valence-electron chi connectivity index (χ4n) is 4.45. The molecule has 0 atom stereocenters. The molecule has 0 N–H and O–H groups in total. The molecule has 0 radical (unpaired) electrons. The molecule has 33 heavy (non-hydrogen) atoms. The molecule has 0 heterocycles. The summed E-state index contributed by atoms with van der Waals surface area (Å²) in [5, 5.41) is 4.03. The van der Waals surface area contributed by atoms with Gasteiger partial charge in [0.25, 0.3) is 0 Å². The Morgan fingerprint density at radius 2 is 1.21 bits per heavy atom. The summed E-state index contributed by atoms with van der Waals surface area (Å²) in [6, 6.07) is 38.4. The average molecular weight is 447 g/mol. The zero-order valence-electron chi connectivity index (χ0n) is 19.0. The first-order valence-electron chi connectivity index (χ1n) is 11.3. The van der Waals surface area contributed by atoms with E-state index in [1.54, 1.807) is 0 Å². The molecule has 0 aliphatic heterocycles. The van der Waals surface area contributed by atoms with Gasteiger partial charge in [-0.1, -0.05) is 96.6 Å². The lowest BCUT2D eigenvalue weighted by Gasteiger charge is -2.24. The quantitative estimate of drug-likeness (QED) is 0.281. The van der Waals surface area contributed by atoms with Crippen LogP contribution in [0.15, 0.2) is 126 Å². The molecule has 162 valence electrons. The van der Waals surface area contributed by atoms with E-state index < -0.39 is 7.92 Å². The topological polar surface area (TPSA) is 9.23 Å². The number of benzene rings is 4. The van der Waals surface area contributed by atoms with Crippen LogP contribution in [0.5, 0.6) is 11.5 Å². The van der Waals surface area contributed by atoms with Gasteiger partial charge in [0.2, 0.25) is 0 Å². The van der Waals surface area contributed by atoms with Gasteiger partial charge in [-0.15, -0.1) is 0 Å². The highest BCUT2D eigenvalue weighted by atomic mass is 31.1. The highest BCUT2D eigenvalue weighted by Gasteiger charge is 2.24. The number of hydrogen-bond acceptors (Lipinski definition) is 1. The van der Waals surface area contributed by atoms with E-state index in [1.807, 2.05) is 30.3 Å². The van der Waals surface area contributed by atoms with Gasteiger partial charge >= 0.3 is 0 Å². The lowest BCUT2D eigenvalue weighted by atomic mass is 10.0. The summed E-state index contributed by atoms with van der Waals surface area (Å²) in [5.41, 5.74) is 5.54. The predicted molar refractivity (Wildman–Crippen MR) is 143 cm³/mol. The summed E-state index contributed by atoms with van der Waals surface area (Å²) < 4.78 is 6.29. The molecule has 1 aliphatic carbocycles. The minimum absolute atomic E-state index is 0.744. The van der Waals surface area contributed by atoms with E-state index in [4.69, 9.17) is 4.74 Å². The Kier molecular flexibility index (Phi) is 6.24. The number of hydrogen-bond donors (Lipinski definition) is 0. The molecule has 0 saturated carbocycles. The Morgan fingerprint density at radius 1 is 0.636 bits per heavy atom. The van der Waals surface area contributed by atoms with Gasteiger partial charge in [0.15, 0.2) is 0 Å². The second kappa shape index (κ2) is 9.61. The third kappa shape index (κ3) is 4.70. The third-order valence-corrected chi connectivity index (χ3v) is 8.42. The standard InChI is InChI=1S/C31H27OP/c1-23-20-24(2)30(21-23)29-19-18-26(32-25-12-6-3-7-13-25)22-31(29)33(27-14-8-4-9-15-27)28-16-10-5-11-17-28/h3-20,22H,21H2,1-2H3. The van der Waals surface area contributed by atoms with Crippen molar-refractivity contribution in [2.45, 2.75) is 20.3 Å². The molecular formula is C31H27OP. The molecule has 0 saturated heterocycles. The van der Waals surface area contributed by atoms with Crippen molar-refractivity contribution < 1.29 is 4.74 Å². The van der Waals surface area contributed by atoms with Crippen LogP contribution in [0.2, 0.25) is 0 Å². The summed E-state index contributed by atoms with van der Waals surface area (Å²) in [4.78, 5) is 0. The Hall–Kier alpha value is -3.41. The van der Waals surface area contributed by atoms with Crippen LogP contribution in [0.25, 0.3) is 5.57 Å². The van der Waals surface area contributed by atoms with Crippen molar-refractivity contribution in [3.8, 4) is 11.5 Å². The average Bonchev–Trinajstić information content (AvgIpc) is 3.19. The van der Waals surface area contributed by atoms with E-state index in [0.717, 1.165) is 17.9 Å². The second-order valence-electron chi connectivity index (χ2n) is 8.43. The summed E-state index contributed by atoms with van der Waals surface area (Å²) >= 11 is 0. The smallest absolute Gasteiger partial charge is 0.128 e. The summed E-state index contributed by atoms with van der Waals surface area (Å²) in [5.74, 6) is 1.73. The lowest BCUT2D eigenvalue weighted by Crippen LogP contribution is -2.23. The zero-order valence-corrected chi connectivity index (χ0v) is 19.9. The highest BCUT2D eigenvalue weighted by molar-refractivity contribution is 7.80. The molecule has 1 aliphatic rings. The SMILES string of the molecule is CC1=CC(C)=C(c2ccc(Oc3ccccc3)cc2P(c2ccccc2)c2ccccc2)C1. The molecule has 2 heteroatoms. The van der Waals surface area contributed by atoms with Gasteiger partial charge in [0.05, 0.1) is 0 Å². The first kappa shape index (κ1) is 21.4. The van der Waals surface area contributed by atoms with Crippen molar-refractivity contribution in [2.75, 3.05) is 0 Å². The number of allylic oxidation sites excluding steroid dienone is 4. The molecule has 0 aromatic heterocycles. The van der Waals surface area contributed by atoms with Crippen LogP contribution in [0, 0.1) is 0 Å². The molecular weight excluding hydrogens is 419 g/mol. The second-order valence-corrected chi connectivity index (χ2v) is 10.6. The minimum Gasteiger partial charge on any atom is -0.457 e. The molecule has 0 fully saturated rings. The van der Waals surface area contributed by atoms with E-state index in [-0.39, 0.29) is 0 Å². The maximum Gasteiger partial charge on any atom is 0.128 e. The van der Waals surface area contributed by atoms with Crippen molar-refractivity contribution in [2.24, 2.45) is 0 Å². The van der Waals surface area contributed by atoms with Crippen molar-refractivity contribution in [3.05, 3.63) is 132 Å². The van der Waals surface area contributed by atoms with Crippen LogP contribution in [0.1, 0.15) is 25.8 Å². The van der Waals surface area contributed by atoms with E-state index in [0.29, 0.717) is 0 Å². The van der Waals surface area contributed by atoms with Gasteiger partial charge < -0.3 is 4.74 Å². The number of rotatable bonds is 6. The van der Waals surface area contributed by atoms with Crippen LogP contribution >= 0.6 is 7.92 Å². The van der Waals surface area contributed by atoms with Crippen molar-refractivity contribution in [1.82, 2.24) is 0 Å². The normalized spacial score (nSPS) is 13.4. The van der Waals surface area contributed by atoms with E-state index in [9.17, 15) is 0 Å². The predicted octanol–water partition coefficient (Wildman–Crippen LogP) is 7.36. The summed E-state index contributed by atoms with van der Waals surface area (Å²) in [6.07, 6.45) is 3.32. The van der Waals surface area contributed by atoms with Gasteiger partial charge in [-0.2, -0.15) is 0 Å². The molecule has 0 unspecified atom stereocenters. The molecule has 0 spiro atoms. The summed E-state index contributed by atoms with van der Waals surface area (Å²) in [6.45, 7) is 4.46. The van der Waals surface area contributed by atoms with Crippen LogP contribution in [0.3, 0.4) is 0 Å². The minimum atomic E-state index is -0.744. The van der Waals surface area contributed by atoms with E-state index in [2.05, 4.69) is 98.8 Å². The van der Waals surface area contributed by atoms with Crippen LogP contribution in [0.4, 0.5) is 0 Å². The maximum atomic E-state index is 6.29. The fraction of sp³-hybridized carbons (Fsp3) is 0.0968. The Balaban J connectivity index is 1.69. The maximum absolute atomic E-state index is 6.29. The fourth-order valence-corrected chi connectivity index (χ4v) is 6.96. The van der Waals surface area contributed by atoms with Gasteiger partial charge in [-0.3, -0.25) is 0 Å². The molecule has 0 amide bonds. The molecule has 4 aromatic rings. The Bertz CT molecular complexity index is 1270. The van der Waals surface area contributed by atoms with Gasteiger partial charge in [0, 0.05) is 0 Å².